The molecule has 1 amide bonds. The number of carbonyl (C=O) groups is 1. The summed E-state index contributed by atoms with van der Waals surface area (Å²) in [6, 6.07) is 8.66. The Hall–Kier alpha value is -1.96. The minimum absolute atomic E-state index is 0.0518. The number of likely N-dealkylation sites (tertiary alicyclic amines) is 1. The number of pyridine rings is 1. The summed E-state index contributed by atoms with van der Waals surface area (Å²) in [5.41, 5.74) is 2.63. The predicted molar refractivity (Wildman–Crippen MR) is 105 cm³/mol. The molecule has 3 rings (SSSR count). The zero-order valence-corrected chi connectivity index (χ0v) is 16.7. The fraction of sp³-hybridized carbons (Fsp3) is 0.368. The minimum Gasteiger partial charge on any atom is -0.343 e. The van der Waals surface area contributed by atoms with Gasteiger partial charge in [0.15, 0.2) is 0 Å². The van der Waals surface area contributed by atoms with Crippen molar-refractivity contribution >= 4 is 27.5 Å². The van der Waals surface area contributed by atoms with Gasteiger partial charge in [0.05, 0.1) is 5.02 Å². The van der Waals surface area contributed by atoms with Crippen molar-refractivity contribution < 1.29 is 13.2 Å². The molecule has 1 aromatic carbocycles. The van der Waals surface area contributed by atoms with Crippen LogP contribution in [0.2, 0.25) is 5.02 Å². The number of carbonyl (C=O) groups excluding carboxylic acids is 1. The van der Waals surface area contributed by atoms with Crippen molar-refractivity contribution in [2.75, 3.05) is 19.6 Å². The first-order valence-corrected chi connectivity index (χ1v) is 10.7. The first-order chi connectivity index (χ1) is 12.9. The molecule has 1 aromatic heterocycles. The van der Waals surface area contributed by atoms with Crippen LogP contribution in [0.25, 0.3) is 11.1 Å². The zero-order chi connectivity index (χ0) is 19.4. The molecule has 6 nitrogen and oxygen atoms in total. The van der Waals surface area contributed by atoms with Gasteiger partial charge < -0.3 is 4.90 Å². The number of nitrogens with zero attached hydrogens (tertiary/aromatic N) is 2. The number of hydrogen-bond donors (Lipinski definition) is 1. The number of nitrogens with one attached hydrogen (secondary N) is 1. The van der Waals surface area contributed by atoms with E-state index in [9.17, 15) is 13.2 Å². The molecular weight excluding hydrogens is 386 g/mol. The Morgan fingerprint density at radius 2 is 2.00 bits per heavy atom. The third-order valence-electron chi connectivity index (χ3n) is 4.52. The molecule has 0 bridgehead atoms. The van der Waals surface area contributed by atoms with Crippen LogP contribution < -0.4 is 4.72 Å². The van der Waals surface area contributed by atoms with Gasteiger partial charge in [0, 0.05) is 37.9 Å². The van der Waals surface area contributed by atoms with Gasteiger partial charge in [0.1, 0.15) is 4.90 Å². The first kappa shape index (κ1) is 19.8. The van der Waals surface area contributed by atoms with Crippen molar-refractivity contribution in [1.82, 2.24) is 14.6 Å². The summed E-state index contributed by atoms with van der Waals surface area (Å²) in [5, 5.41) is 0.171. The quantitative estimate of drug-likeness (QED) is 0.715. The monoisotopic (exact) mass is 407 g/mol. The molecule has 0 radical (unpaired) electrons. The molecule has 0 aliphatic carbocycles. The Morgan fingerprint density at radius 1 is 1.22 bits per heavy atom. The molecule has 0 unspecified atom stereocenters. The largest absolute Gasteiger partial charge is 0.343 e. The van der Waals surface area contributed by atoms with E-state index in [2.05, 4.69) is 9.71 Å². The van der Waals surface area contributed by atoms with Gasteiger partial charge in [0.25, 0.3) is 0 Å². The Labute approximate surface area is 164 Å². The standard InChI is InChI=1S/C19H22ClN3O3S/c1-14-12-16(7-9-21-14)15-5-6-18(17(20)13-15)27(25,26)22-8-3-11-23-10-2-4-19(23)24/h5-7,9,12-13,22H,2-4,8,10-11H2,1H3. The van der Waals surface area contributed by atoms with Crippen LogP contribution in [0.4, 0.5) is 0 Å². The van der Waals surface area contributed by atoms with Crippen LogP contribution in [0.1, 0.15) is 25.0 Å². The number of benzene rings is 1. The molecule has 1 N–H and O–H groups in total. The molecule has 1 saturated heterocycles. The lowest BCUT2D eigenvalue weighted by atomic mass is 10.1. The molecule has 27 heavy (non-hydrogen) atoms. The Morgan fingerprint density at radius 3 is 2.67 bits per heavy atom. The average molecular weight is 408 g/mol. The second-order valence-electron chi connectivity index (χ2n) is 6.57. The van der Waals surface area contributed by atoms with Gasteiger partial charge in [-0.15, -0.1) is 0 Å². The van der Waals surface area contributed by atoms with E-state index in [4.69, 9.17) is 11.6 Å². The molecule has 1 aliphatic heterocycles. The molecule has 1 fully saturated rings. The lowest BCUT2D eigenvalue weighted by molar-refractivity contribution is -0.127. The van der Waals surface area contributed by atoms with E-state index in [1.54, 1.807) is 23.2 Å². The lowest BCUT2D eigenvalue weighted by Gasteiger charge is -2.15. The number of aromatic nitrogens is 1. The summed E-state index contributed by atoms with van der Waals surface area (Å²) in [7, 11) is -3.71. The molecular formula is C19H22ClN3O3S. The summed E-state index contributed by atoms with van der Waals surface area (Å²) in [4.78, 5) is 17.5. The second kappa shape index (κ2) is 8.37. The molecule has 144 valence electrons. The number of aryl methyl sites for hydroxylation is 1. The van der Waals surface area contributed by atoms with E-state index in [0.29, 0.717) is 19.4 Å². The van der Waals surface area contributed by atoms with Crippen LogP contribution in [0.15, 0.2) is 41.4 Å². The first-order valence-electron chi connectivity index (χ1n) is 8.87. The van der Waals surface area contributed by atoms with Crippen LogP contribution in [-0.2, 0) is 14.8 Å². The van der Waals surface area contributed by atoms with Crippen LogP contribution >= 0.6 is 11.6 Å². The Kier molecular flexibility index (Phi) is 6.14. The van der Waals surface area contributed by atoms with Gasteiger partial charge in [-0.1, -0.05) is 17.7 Å². The number of hydrogen-bond acceptors (Lipinski definition) is 4. The summed E-state index contributed by atoms with van der Waals surface area (Å²) < 4.78 is 27.6. The van der Waals surface area contributed by atoms with Crippen molar-refractivity contribution in [3.63, 3.8) is 0 Å². The highest BCUT2D eigenvalue weighted by atomic mass is 35.5. The summed E-state index contributed by atoms with van der Waals surface area (Å²) in [6.07, 6.45) is 3.74. The molecule has 0 atom stereocenters. The molecule has 2 aromatic rings. The number of rotatable bonds is 7. The number of sulfonamides is 1. The molecule has 8 heteroatoms. The van der Waals surface area contributed by atoms with E-state index >= 15 is 0 Å². The molecule has 2 heterocycles. The molecule has 1 aliphatic rings. The van der Waals surface area contributed by atoms with E-state index in [1.165, 1.54) is 6.07 Å². The van der Waals surface area contributed by atoms with Gasteiger partial charge in [-0.05, 0) is 55.2 Å². The fourth-order valence-corrected chi connectivity index (χ4v) is 4.73. The topological polar surface area (TPSA) is 79.4 Å². The lowest BCUT2D eigenvalue weighted by Crippen LogP contribution is -2.30. The molecule has 0 saturated carbocycles. The Balaban J connectivity index is 1.64. The van der Waals surface area contributed by atoms with E-state index < -0.39 is 10.0 Å². The van der Waals surface area contributed by atoms with Crippen molar-refractivity contribution in [2.24, 2.45) is 0 Å². The normalized spacial score (nSPS) is 14.7. The highest BCUT2D eigenvalue weighted by Crippen LogP contribution is 2.28. The Bertz CT molecular complexity index is 947. The van der Waals surface area contributed by atoms with E-state index in [-0.39, 0.29) is 22.4 Å². The highest BCUT2D eigenvalue weighted by molar-refractivity contribution is 7.89. The van der Waals surface area contributed by atoms with Gasteiger partial charge in [-0.25, -0.2) is 13.1 Å². The number of amides is 1. The average Bonchev–Trinajstić information content (AvgIpc) is 3.03. The summed E-state index contributed by atoms with van der Waals surface area (Å²) >= 11 is 6.25. The summed E-state index contributed by atoms with van der Waals surface area (Å²) in [6.45, 7) is 3.47. The maximum absolute atomic E-state index is 12.5. The van der Waals surface area contributed by atoms with Crippen LogP contribution in [0.5, 0.6) is 0 Å². The van der Waals surface area contributed by atoms with Crippen LogP contribution in [-0.4, -0.2) is 43.8 Å². The number of halogens is 1. The second-order valence-corrected chi connectivity index (χ2v) is 8.71. The summed E-state index contributed by atoms with van der Waals surface area (Å²) in [5.74, 6) is 0.142. The van der Waals surface area contributed by atoms with Crippen LogP contribution in [0, 0.1) is 6.92 Å². The van der Waals surface area contributed by atoms with Crippen LogP contribution in [0.3, 0.4) is 0 Å². The van der Waals surface area contributed by atoms with Gasteiger partial charge in [-0.2, -0.15) is 0 Å². The van der Waals surface area contributed by atoms with E-state index in [1.807, 2.05) is 19.1 Å². The minimum atomic E-state index is -3.71. The van der Waals surface area contributed by atoms with Crippen molar-refractivity contribution in [3.8, 4) is 11.1 Å². The van der Waals surface area contributed by atoms with Crippen molar-refractivity contribution in [2.45, 2.75) is 31.1 Å². The zero-order valence-electron chi connectivity index (χ0n) is 15.1. The van der Waals surface area contributed by atoms with Gasteiger partial charge in [-0.3, -0.25) is 9.78 Å². The third-order valence-corrected chi connectivity index (χ3v) is 6.46. The SMILES string of the molecule is Cc1cc(-c2ccc(S(=O)(=O)NCCCN3CCCC3=O)c(Cl)c2)ccn1. The molecule has 0 spiro atoms. The maximum atomic E-state index is 12.5. The smallest absolute Gasteiger partial charge is 0.242 e. The van der Waals surface area contributed by atoms with Gasteiger partial charge >= 0.3 is 0 Å². The maximum Gasteiger partial charge on any atom is 0.242 e. The van der Waals surface area contributed by atoms with Crippen molar-refractivity contribution in [1.29, 1.82) is 0 Å². The van der Waals surface area contributed by atoms with Gasteiger partial charge in [0.2, 0.25) is 15.9 Å². The van der Waals surface area contributed by atoms with Crippen molar-refractivity contribution in [3.05, 3.63) is 47.2 Å². The highest BCUT2D eigenvalue weighted by Gasteiger charge is 2.21. The predicted octanol–water partition coefficient (Wildman–Crippen LogP) is 3.00. The van der Waals surface area contributed by atoms with E-state index in [0.717, 1.165) is 29.8 Å². The fourth-order valence-electron chi connectivity index (χ4n) is 3.12. The third kappa shape index (κ3) is 4.86.